The maximum atomic E-state index is 13.5. The fraction of sp³-hybridized carbons (Fsp3) is 0.265. The van der Waals surface area contributed by atoms with E-state index in [0.29, 0.717) is 40.2 Å². The fourth-order valence-electron chi connectivity index (χ4n) is 4.96. The van der Waals surface area contributed by atoms with Crippen LogP contribution in [-0.2, 0) is 27.5 Å². The quantitative estimate of drug-likeness (QED) is 0.242. The van der Waals surface area contributed by atoms with Gasteiger partial charge in [0.1, 0.15) is 12.4 Å². The number of fused-ring (bicyclic) bond motifs is 1. The van der Waals surface area contributed by atoms with Gasteiger partial charge < -0.3 is 24.4 Å². The molecule has 0 radical (unpaired) electrons. The van der Waals surface area contributed by atoms with Gasteiger partial charge in [-0.2, -0.15) is 0 Å². The van der Waals surface area contributed by atoms with Crippen LogP contribution in [0.25, 0.3) is 0 Å². The molecule has 0 bridgehead atoms. The summed E-state index contributed by atoms with van der Waals surface area (Å²) < 4.78 is 30.8. The third kappa shape index (κ3) is 7.14. The van der Waals surface area contributed by atoms with E-state index in [4.69, 9.17) is 19.2 Å². The molecule has 0 saturated heterocycles. The lowest BCUT2D eigenvalue weighted by Crippen LogP contribution is -2.38. The number of aliphatic imine (C=N–C) groups is 1. The number of rotatable bonds is 11. The van der Waals surface area contributed by atoms with Gasteiger partial charge in [0.15, 0.2) is 16.7 Å². The molecular formula is C34H34FN3O5S. The lowest BCUT2D eigenvalue weighted by molar-refractivity contribution is -0.143. The van der Waals surface area contributed by atoms with Crippen molar-refractivity contribution in [3.05, 3.63) is 118 Å². The van der Waals surface area contributed by atoms with Gasteiger partial charge in [-0.05, 0) is 67.1 Å². The average Bonchev–Trinajstić information content (AvgIpc) is 3.40. The lowest BCUT2D eigenvalue weighted by Gasteiger charge is -2.36. The summed E-state index contributed by atoms with van der Waals surface area (Å²) in [4.78, 5) is 33.2. The first kappa shape index (κ1) is 30.9. The highest BCUT2D eigenvalue weighted by atomic mass is 32.2. The van der Waals surface area contributed by atoms with Gasteiger partial charge in [-0.25, -0.2) is 14.2 Å². The average molecular weight is 616 g/mol. The SMILES string of the molecule is COc1cc([C@H]2C(C(=O)OC(C)C)=C(C)N=C3SC=C(CC(=O)NCc4ccc(F)cc4)N32)ccc1OCc1ccccc1. The Hall–Kier alpha value is -4.57. The molecule has 1 N–H and O–H groups in total. The van der Waals surface area contributed by atoms with Crippen molar-refractivity contribution in [2.24, 2.45) is 4.99 Å². The van der Waals surface area contributed by atoms with E-state index in [2.05, 4.69) is 5.32 Å². The maximum Gasteiger partial charge on any atom is 0.338 e. The molecule has 228 valence electrons. The monoisotopic (exact) mass is 615 g/mol. The van der Waals surface area contributed by atoms with Crippen LogP contribution in [0.4, 0.5) is 4.39 Å². The largest absolute Gasteiger partial charge is 0.493 e. The molecular weight excluding hydrogens is 581 g/mol. The molecule has 2 heterocycles. The number of hydrogen-bond acceptors (Lipinski definition) is 8. The highest BCUT2D eigenvalue weighted by Gasteiger charge is 2.41. The summed E-state index contributed by atoms with van der Waals surface area (Å²) in [6.45, 7) is 6.01. The van der Waals surface area contributed by atoms with Crippen LogP contribution in [-0.4, -0.2) is 35.2 Å². The van der Waals surface area contributed by atoms with Gasteiger partial charge in [0, 0.05) is 12.2 Å². The Kier molecular flexibility index (Phi) is 9.69. The minimum Gasteiger partial charge on any atom is -0.493 e. The van der Waals surface area contributed by atoms with Crippen molar-refractivity contribution in [3.8, 4) is 11.5 Å². The van der Waals surface area contributed by atoms with Crippen LogP contribution in [0.15, 0.2) is 100 Å². The Morgan fingerprint density at radius 2 is 1.77 bits per heavy atom. The smallest absolute Gasteiger partial charge is 0.338 e. The van der Waals surface area contributed by atoms with Gasteiger partial charge in [0.2, 0.25) is 5.91 Å². The Morgan fingerprint density at radius 1 is 1.02 bits per heavy atom. The minimum atomic E-state index is -0.628. The van der Waals surface area contributed by atoms with E-state index in [-0.39, 0.29) is 30.8 Å². The highest BCUT2D eigenvalue weighted by molar-refractivity contribution is 8.16. The summed E-state index contributed by atoms with van der Waals surface area (Å²) in [5, 5.41) is 5.43. The summed E-state index contributed by atoms with van der Waals surface area (Å²) in [7, 11) is 1.57. The number of thioether (sulfide) groups is 1. The summed E-state index contributed by atoms with van der Waals surface area (Å²) in [6.07, 6.45) is -0.290. The van der Waals surface area contributed by atoms with Crippen LogP contribution >= 0.6 is 11.8 Å². The number of carbonyl (C=O) groups excluding carboxylic acids is 2. The van der Waals surface area contributed by atoms with E-state index >= 15 is 0 Å². The van der Waals surface area contributed by atoms with Crippen molar-refractivity contribution in [3.63, 3.8) is 0 Å². The number of ether oxygens (including phenoxy) is 3. The summed E-state index contributed by atoms with van der Waals surface area (Å²) in [5.41, 5.74) is 4.15. The zero-order valence-electron chi connectivity index (χ0n) is 25.0. The highest BCUT2D eigenvalue weighted by Crippen LogP contribution is 2.46. The Morgan fingerprint density at radius 3 is 2.48 bits per heavy atom. The zero-order chi connectivity index (χ0) is 31.2. The molecule has 44 heavy (non-hydrogen) atoms. The van der Waals surface area contributed by atoms with Crippen LogP contribution in [0.1, 0.15) is 49.9 Å². The zero-order valence-corrected chi connectivity index (χ0v) is 25.8. The fourth-order valence-corrected chi connectivity index (χ4v) is 5.93. The Bertz CT molecular complexity index is 1620. The van der Waals surface area contributed by atoms with Crippen LogP contribution in [0.2, 0.25) is 0 Å². The molecule has 3 aromatic rings. The second-order valence-electron chi connectivity index (χ2n) is 10.6. The number of halogens is 1. The molecule has 0 saturated carbocycles. The molecule has 1 amide bonds. The third-order valence-corrected chi connectivity index (χ3v) is 7.94. The van der Waals surface area contributed by atoms with Crippen molar-refractivity contribution in [1.29, 1.82) is 0 Å². The third-order valence-electron chi connectivity index (χ3n) is 7.05. The molecule has 10 heteroatoms. The molecule has 3 aromatic carbocycles. The number of allylic oxidation sites excluding steroid dienone is 1. The van der Waals surface area contributed by atoms with E-state index < -0.39 is 12.0 Å². The number of nitrogens with one attached hydrogen (secondary N) is 1. The van der Waals surface area contributed by atoms with E-state index in [0.717, 1.165) is 16.7 Å². The van der Waals surface area contributed by atoms with Gasteiger partial charge in [-0.3, -0.25) is 4.79 Å². The standard InChI is InChI=1S/C34H34FN3O5S/c1-21(2)43-33(40)31-22(3)37-34-38(27(20-44-34)17-30(39)36-18-23-10-13-26(35)14-11-23)32(31)25-12-15-28(29(16-25)41-4)42-19-24-8-6-5-7-9-24/h5-16,20-21,32H,17-19H2,1-4H3,(H,36,39)/t32-/m0/s1. The van der Waals surface area contributed by atoms with Crippen molar-refractivity contribution in [1.82, 2.24) is 10.2 Å². The molecule has 2 aliphatic rings. The lowest BCUT2D eigenvalue weighted by atomic mass is 9.93. The van der Waals surface area contributed by atoms with Crippen molar-refractivity contribution in [2.45, 2.75) is 52.5 Å². The van der Waals surface area contributed by atoms with E-state index in [1.54, 1.807) is 40.0 Å². The first-order valence-electron chi connectivity index (χ1n) is 14.2. The molecule has 0 unspecified atom stereocenters. The van der Waals surface area contributed by atoms with Crippen molar-refractivity contribution < 1.29 is 28.2 Å². The van der Waals surface area contributed by atoms with E-state index in [1.807, 2.05) is 58.8 Å². The first-order valence-corrected chi connectivity index (χ1v) is 15.1. The van der Waals surface area contributed by atoms with Crippen molar-refractivity contribution in [2.75, 3.05) is 7.11 Å². The van der Waals surface area contributed by atoms with Crippen LogP contribution in [0, 0.1) is 5.82 Å². The summed E-state index contributed by atoms with van der Waals surface area (Å²) in [5.74, 6) is 0.0279. The molecule has 0 spiro atoms. The molecule has 0 fully saturated rings. The predicted molar refractivity (Wildman–Crippen MR) is 168 cm³/mol. The van der Waals surface area contributed by atoms with E-state index in [1.165, 1.54) is 23.9 Å². The Labute approximate surface area is 260 Å². The minimum absolute atomic E-state index is 0.0463. The number of esters is 1. The molecule has 8 nitrogen and oxygen atoms in total. The number of benzene rings is 3. The number of methoxy groups -OCH3 is 1. The normalized spacial score (nSPS) is 15.9. The van der Waals surface area contributed by atoms with Crippen LogP contribution in [0.5, 0.6) is 11.5 Å². The topological polar surface area (TPSA) is 89.5 Å². The molecule has 2 aliphatic heterocycles. The van der Waals surface area contributed by atoms with Gasteiger partial charge in [-0.1, -0.05) is 60.3 Å². The van der Waals surface area contributed by atoms with E-state index in [9.17, 15) is 14.0 Å². The predicted octanol–water partition coefficient (Wildman–Crippen LogP) is 6.65. The number of nitrogens with zero attached hydrogens (tertiary/aromatic N) is 2. The van der Waals surface area contributed by atoms with Gasteiger partial charge >= 0.3 is 5.97 Å². The Balaban J connectivity index is 1.43. The number of carbonyl (C=O) groups is 2. The number of amidine groups is 1. The molecule has 1 atom stereocenters. The molecule has 5 rings (SSSR count). The van der Waals surface area contributed by atoms with Gasteiger partial charge in [0.25, 0.3) is 0 Å². The number of hydrogen-bond donors (Lipinski definition) is 1. The van der Waals surface area contributed by atoms with Crippen LogP contribution in [0.3, 0.4) is 0 Å². The number of amides is 1. The van der Waals surface area contributed by atoms with Crippen molar-refractivity contribution >= 4 is 28.8 Å². The second kappa shape index (κ2) is 13.8. The summed E-state index contributed by atoms with van der Waals surface area (Å²) >= 11 is 1.39. The molecule has 0 aliphatic carbocycles. The van der Waals surface area contributed by atoms with Gasteiger partial charge in [0.05, 0.1) is 36.9 Å². The second-order valence-corrected chi connectivity index (χ2v) is 11.4. The maximum absolute atomic E-state index is 13.5. The van der Waals surface area contributed by atoms with Crippen LogP contribution < -0.4 is 14.8 Å². The summed E-state index contributed by atoms with van der Waals surface area (Å²) in [6, 6.07) is 20.7. The molecule has 0 aromatic heterocycles. The van der Waals surface area contributed by atoms with Gasteiger partial charge in [-0.15, -0.1) is 0 Å². The first-order chi connectivity index (χ1) is 21.2.